The first kappa shape index (κ1) is 13.6. The van der Waals surface area contributed by atoms with Crippen LogP contribution in [0.5, 0.6) is 5.75 Å². The van der Waals surface area contributed by atoms with E-state index >= 15 is 0 Å². The number of aromatic nitrogens is 1. The van der Waals surface area contributed by atoms with E-state index in [4.69, 9.17) is 4.74 Å². The topological polar surface area (TPSA) is 59.4 Å². The van der Waals surface area contributed by atoms with Crippen LogP contribution in [0.3, 0.4) is 0 Å². The first-order valence-corrected chi connectivity index (χ1v) is 7.31. The third-order valence-electron chi connectivity index (χ3n) is 3.12. The maximum atomic E-state index is 11.4. The zero-order chi connectivity index (χ0) is 14.8. The second kappa shape index (κ2) is 5.54. The number of ether oxygens (including phenoxy) is 1. The van der Waals surface area contributed by atoms with E-state index in [1.165, 1.54) is 0 Å². The van der Waals surface area contributed by atoms with Gasteiger partial charge < -0.3 is 9.84 Å². The summed E-state index contributed by atoms with van der Waals surface area (Å²) in [7, 11) is 0. The van der Waals surface area contributed by atoms with E-state index in [0.29, 0.717) is 5.75 Å². The van der Waals surface area contributed by atoms with Crippen molar-refractivity contribution in [1.82, 2.24) is 4.98 Å². The minimum Gasteiger partial charge on any atom is -0.486 e. The Morgan fingerprint density at radius 2 is 2.00 bits per heavy atom. The van der Waals surface area contributed by atoms with E-state index in [2.05, 4.69) is 4.98 Å². The number of nitrogens with zero attached hydrogens (tertiary/aromatic N) is 1. The Labute approximate surface area is 125 Å². The molecule has 1 N–H and O–H groups in total. The summed E-state index contributed by atoms with van der Waals surface area (Å²) in [6.45, 7) is 2.19. The molecule has 0 radical (unpaired) electrons. The maximum Gasteiger partial charge on any atom is 0.339 e. The fraction of sp³-hybridized carbons (Fsp3) is 0.125. The van der Waals surface area contributed by atoms with Gasteiger partial charge in [0.1, 0.15) is 17.9 Å². The van der Waals surface area contributed by atoms with Crippen LogP contribution in [-0.2, 0) is 6.61 Å². The molecule has 1 heterocycles. The third-order valence-corrected chi connectivity index (χ3v) is 3.94. The molecule has 21 heavy (non-hydrogen) atoms. The van der Waals surface area contributed by atoms with Gasteiger partial charge in [0.2, 0.25) is 0 Å². The van der Waals surface area contributed by atoms with Crippen molar-refractivity contribution in [3.8, 4) is 5.75 Å². The van der Waals surface area contributed by atoms with Crippen molar-refractivity contribution in [2.24, 2.45) is 0 Å². The Kier molecular flexibility index (Phi) is 3.58. The summed E-state index contributed by atoms with van der Waals surface area (Å²) in [4.78, 5) is 15.7. The highest BCUT2D eigenvalue weighted by molar-refractivity contribution is 7.09. The zero-order valence-electron chi connectivity index (χ0n) is 11.4. The molecule has 0 fully saturated rings. The molecule has 0 unspecified atom stereocenters. The van der Waals surface area contributed by atoms with Crippen molar-refractivity contribution in [2.75, 3.05) is 0 Å². The molecule has 0 aliphatic carbocycles. The largest absolute Gasteiger partial charge is 0.486 e. The molecule has 0 atom stereocenters. The molecule has 0 bridgehead atoms. The smallest absolute Gasteiger partial charge is 0.339 e. The number of benzene rings is 2. The molecule has 0 saturated heterocycles. The Morgan fingerprint density at radius 3 is 2.62 bits per heavy atom. The quantitative estimate of drug-likeness (QED) is 0.794. The summed E-state index contributed by atoms with van der Waals surface area (Å²) in [5.74, 6) is -0.628. The average Bonchev–Trinajstić information content (AvgIpc) is 2.89. The van der Waals surface area contributed by atoms with Gasteiger partial charge in [0.25, 0.3) is 0 Å². The van der Waals surface area contributed by atoms with E-state index in [9.17, 15) is 9.90 Å². The summed E-state index contributed by atoms with van der Waals surface area (Å²) < 4.78 is 5.67. The molecule has 106 valence electrons. The van der Waals surface area contributed by atoms with Gasteiger partial charge in [0, 0.05) is 5.38 Å². The lowest BCUT2D eigenvalue weighted by molar-refractivity contribution is 0.0692. The average molecular weight is 299 g/mol. The van der Waals surface area contributed by atoms with Gasteiger partial charge in [-0.05, 0) is 29.8 Å². The van der Waals surface area contributed by atoms with E-state index in [1.54, 1.807) is 23.5 Å². The number of carbonyl (C=O) groups is 1. The Balaban J connectivity index is 1.95. The number of rotatable bonds is 4. The highest BCUT2D eigenvalue weighted by atomic mass is 32.1. The Hall–Kier alpha value is -2.40. The first-order valence-electron chi connectivity index (χ1n) is 6.43. The van der Waals surface area contributed by atoms with Crippen molar-refractivity contribution in [1.29, 1.82) is 0 Å². The number of thiazole rings is 1. The summed E-state index contributed by atoms with van der Waals surface area (Å²) >= 11 is 1.55. The van der Waals surface area contributed by atoms with E-state index in [0.717, 1.165) is 21.5 Å². The molecule has 4 nitrogen and oxygen atoms in total. The fourth-order valence-corrected chi connectivity index (χ4v) is 2.73. The van der Waals surface area contributed by atoms with Crippen LogP contribution in [0.4, 0.5) is 0 Å². The molecule has 0 amide bonds. The Morgan fingerprint density at radius 1 is 1.29 bits per heavy atom. The second-order valence-corrected chi connectivity index (χ2v) is 5.71. The van der Waals surface area contributed by atoms with Crippen LogP contribution in [0.15, 0.2) is 41.8 Å². The number of fused-ring (bicyclic) bond motifs is 1. The van der Waals surface area contributed by atoms with Crippen LogP contribution in [0.2, 0.25) is 0 Å². The van der Waals surface area contributed by atoms with Gasteiger partial charge in [0.05, 0.1) is 10.7 Å². The molecule has 0 aliphatic rings. The number of hydrogen-bond acceptors (Lipinski definition) is 4. The summed E-state index contributed by atoms with van der Waals surface area (Å²) in [5.41, 5.74) is 0.975. The number of aryl methyl sites for hydroxylation is 1. The Bertz CT molecular complexity index is 810. The molecule has 0 spiro atoms. The molecule has 3 aromatic rings. The minimum atomic E-state index is -0.995. The number of carboxylic acids is 1. The van der Waals surface area contributed by atoms with Crippen molar-refractivity contribution in [2.45, 2.75) is 13.5 Å². The van der Waals surface area contributed by atoms with Crippen LogP contribution < -0.4 is 4.74 Å². The number of hydrogen-bond donors (Lipinski definition) is 1. The first-order chi connectivity index (χ1) is 10.1. The van der Waals surface area contributed by atoms with Crippen molar-refractivity contribution in [3.63, 3.8) is 0 Å². The van der Waals surface area contributed by atoms with Crippen LogP contribution in [0, 0.1) is 6.92 Å². The molecule has 0 saturated carbocycles. The second-order valence-electron chi connectivity index (χ2n) is 4.65. The SMILES string of the molecule is Cc1nc(COc2cc3ccccc3cc2C(=O)O)cs1. The molecule has 3 rings (SSSR count). The molecule has 1 aromatic heterocycles. The van der Waals surface area contributed by atoms with Gasteiger partial charge in [-0.15, -0.1) is 11.3 Å². The number of carboxylic acid groups (broad SMARTS) is 1. The maximum absolute atomic E-state index is 11.4. The van der Waals surface area contributed by atoms with Crippen LogP contribution >= 0.6 is 11.3 Å². The molecular weight excluding hydrogens is 286 g/mol. The highest BCUT2D eigenvalue weighted by Gasteiger charge is 2.13. The van der Waals surface area contributed by atoms with Gasteiger partial charge in [-0.1, -0.05) is 24.3 Å². The van der Waals surface area contributed by atoms with Gasteiger partial charge in [0.15, 0.2) is 0 Å². The summed E-state index contributed by atoms with van der Waals surface area (Å²) in [6, 6.07) is 11.0. The van der Waals surface area contributed by atoms with Gasteiger partial charge in [-0.3, -0.25) is 0 Å². The fourth-order valence-electron chi connectivity index (χ4n) is 2.13. The van der Waals surface area contributed by atoms with Crippen LogP contribution in [0.1, 0.15) is 21.1 Å². The predicted octanol–water partition coefficient (Wildman–Crippen LogP) is 3.88. The van der Waals surface area contributed by atoms with E-state index in [-0.39, 0.29) is 12.2 Å². The van der Waals surface area contributed by atoms with E-state index < -0.39 is 5.97 Å². The van der Waals surface area contributed by atoms with Gasteiger partial charge in [-0.25, -0.2) is 9.78 Å². The van der Waals surface area contributed by atoms with Gasteiger partial charge in [-0.2, -0.15) is 0 Å². The monoisotopic (exact) mass is 299 g/mol. The summed E-state index contributed by atoms with van der Waals surface area (Å²) in [5, 5.41) is 14.0. The normalized spacial score (nSPS) is 10.7. The lowest BCUT2D eigenvalue weighted by Crippen LogP contribution is -2.04. The van der Waals surface area contributed by atoms with Gasteiger partial charge >= 0.3 is 5.97 Å². The molecule has 5 heteroatoms. The summed E-state index contributed by atoms with van der Waals surface area (Å²) in [6.07, 6.45) is 0. The minimum absolute atomic E-state index is 0.167. The zero-order valence-corrected chi connectivity index (χ0v) is 12.2. The molecule has 0 aliphatic heterocycles. The lowest BCUT2D eigenvalue weighted by Gasteiger charge is -2.09. The highest BCUT2D eigenvalue weighted by Crippen LogP contribution is 2.27. The molecule has 2 aromatic carbocycles. The van der Waals surface area contributed by atoms with Crippen molar-refractivity contribution >= 4 is 28.1 Å². The van der Waals surface area contributed by atoms with E-state index in [1.807, 2.05) is 36.6 Å². The van der Waals surface area contributed by atoms with Crippen molar-refractivity contribution < 1.29 is 14.6 Å². The standard InChI is InChI=1S/C16H13NO3S/c1-10-17-13(9-21-10)8-20-15-7-12-5-3-2-4-11(12)6-14(15)16(18)19/h2-7,9H,8H2,1H3,(H,18,19). The number of aromatic carboxylic acids is 1. The lowest BCUT2D eigenvalue weighted by atomic mass is 10.1. The van der Waals surface area contributed by atoms with Crippen LogP contribution in [-0.4, -0.2) is 16.1 Å². The predicted molar refractivity (Wildman–Crippen MR) is 82.1 cm³/mol. The third kappa shape index (κ3) is 2.87. The molecular formula is C16H13NO3S. The van der Waals surface area contributed by atoms with Crippen LogP contribution in [0.25, 0.3) is 10.8 Å². The van der Waals surface area contributed by atoms with Crippen molar-refractivity contribution in [3.05, 3.63) is 58.0 Å².